The van der Waals surface area contributed by atoms with Crippen LogP contribution in [0.3, 0.4) is 0 Å². The van der Waals surface area contributed by atoms with Crippen LogP contribution >= 0.6 is 27.5 Å². The van der Waals surface area contributed by atoms with Crippen LogP contribution in [0.15, 0.2) is 4.60 Å². The molecule has 0 spiro atoms. The Labute approximate surface area is 65.9 Å². The lowest BCUT2D eigenvalue weighted by Crippen LogP contribution is -1.89. The molecule has 0 saturated carbocycles. The summed E-state index contributed by atoms with van der Waals surface area (Å²) in [6.45, 7) is 0. The Hall–Kier alpha value is -0.220. The van der Waals surface area contributed by atoms with E-state index in [1.54, 1.807) is 7.05 Å². The Morgan fingerprint density at radius 2 is 2.33 bits per heavy atom. The minimum absolute atomic E-state index is 0.460. The van der Waals surface area contributed by atoms with Gasteiger partial charge in [-0.1, -0.05) is 11.6 Å². The third-order valence-electron chi connectivity index (χ3n) is 0.966. The number of aromatic nitrogens is 2. The van der Waals surface area contributed by atoms with Crippen LogP contribution in [-0.4, -0.2) is 9.78 Å². The van der Waals surface area contributed by atoms with Crippen LogP contribution in [0.1, 0.15) is 0 Å². The second kappa shape index (κ2) is 2.19. The predicted molar refractivity (Wildman–Crippen MR) is 40.3 cm³/mol. The van der Waals surface area contributed by atoms with Gasteiger partial charge in [0.05, 0.1) is 0 Å². The predicted octanol–water partition coefficient (Wildman–Crippen LogP) is 1.42. The molecule has 1 rings (SSSR count). The Morgan fingerprint density at radius 1 is 1.78 bits per heavy atom. The number of hydrogen-bond acceptors (Lipinski definition) is 2. The van der Waals surface area contributed by atoms with Crippen molar-refractivity contribution in [1.82, 2.24) is 9.78 Å². The van der Waals surface area contributed by atoms with E-state index in [0.29, 0.717) is 15.4 Å². The minimum atomic E-state index is 0.460. The zero-order chi connectivity index (χ0) is 7.02. The summed E-state index contributed by atoms with van der Waals surface area (Å²) < 4.78 is 2.09. The molecule has 5 heteroatoms. The number of anilines is 1. The normalized spacial score (nSPS) is 10.1. The van der Waals surface area contributed by atoms with E-state index in [9.17, 15) is 0 Å². The fraction of sp³-hybridized carbons (Fsp3) is 0.250. The molecular formula is C4H5BrClN3. The number of aryl methyl sites for hydroxylation is 1. The van der Waals surface area contributed by atoms with Gasteiger partial charge in [0.15, 0.2) is 9.76 Å². The maximum absolute atomic E-state index is 5.64. The molecule has 0 aliphatic heterocycles. The Kier molecular flexibility index (Phi) is 1.68. The van der Waals surface area contributed by atoms with Gasteiger partial charge in [0.2, 0.25) is 0 Å². The third-order valence-corrected chi connectivity index (χ3v) is 2.00. The Morgan fingerprint density at radius 3 is 2.44 bits per heavy atom. The summed E-state index contributed by atoms with van der Waals surface area (Å²) in [5.74, 6) is 0. The van der Waals surface area contributed by atoms with Gasteiger partial charge in [-0.3, -0.25) is 4.68 Å². The highest BCUT2D eigenvalue weighted by molar-refractivity contribution is 9.10. The number of rotatable bonds is 0. The van der Waals surface area contributed by atoms with Crippen molar-refractivity contribution >= 4 is 33.2 Å². The lowest BCUT2D eigenvalue weighted by Gasteiger charge is -1.87. The molecule has 0 unspecified atom stereocenters. The zero-order valence-electron chi connectivity index (χ0n) is 4.73. The fourth-order valence-corrected chi connectivity index (χ4v) is 1.16. The summed E-state index contributed by atoms with van der Waals surface area (Å²) in [5, 5.41) is 4.35. The largest absolute Gasteiger partial charge is 0.394 e. The van der Waals surface area contributed by atoms with Crippen molar-refractivity contribution in [2.24, 2.45) is 7.05 Å². The lowest BCUT2D eigenvalue weighted by atomic mass is 10.6. The zero-order valence-corrected chi connectivity index (χ0v) is 7.07. The smallest absolute Gasteiger partial charge is 0.152 e. The molecule has 0 bridgehead atoms. The molecule has 3 nitrogen and oxygen atoms in total. The number of hydrogen-bond donors (Lipinski definition) is 1. The van der Waals surface area contributed by atoms with Crippen LogP contribution in [0.2, 0.25) is 5.15 Å². The fourth-order valence-electron chi connectivity index (χ4n) is 0.489. The van der Waals surface area contributed by atoms with E-state index in [2.05, 4.69) is 21.0 Å². The van der Waals surface area contributed by atoms with Crippen LogP contribution in [0.4, 0.5) is 5.69 Å². The first-order chi connectivity index (χ1) is 4.13. The van der Waals surface area contributed by atoms with Gasteiger partial charge in [-0.15, -0.1) is 0 Å². The molecule has 2 N–H and O–H groups in total. The van der Waals surface area contributed by atoms with E-state index in [1.807, 2.05) is 0 Å². The summed E-state index contributed by atoms with van der Waals surface area (Å²) in [7, 11) is 1.73. The van der Waals surface area contributed by atoms with E-state index >= 15 is 0 Å². The summed E-state index contributed by atoms with van der Waals surface area (Å²) in [6, 6.07) is 0. The van der Waals surface area contributed by atoms with E-state index < -0.39 is 0 Å². The average Bonchev–Trinajstić information content (AvgIpc) is 1.98. The third kappa shape index (κ3) is 1.04. The van der Waals surface area contributed by atoms with Crippen molar-refractivity contribution < 1.29 is 0 Å². The van der Waals surface area contributed by atoms with Gasteiger partial charge in [-0.2, -0.15) is 5.10 Å². The first-order valence-corrected chi connectivity index (χ1v) is 3.43. The number of nitrogen functional groups attached to an aromatic ring is 1. The first kappa shape index (κ1) is 6.89. The van der Waals surface area contributed by atoms with E-state index in [-0.39, 0.29) is 0 Å². The quantitative estimate of drug-likeness (QED) is 0.704. The molecule has 0 radical (unpaired) electrons. The molecule has 0 aliphatic rings. The van der Waals surface area contributed by atoms with Crippen molar-refractivity contribution in [2.45, 2.75) is 0 Å². The highest BCUT2D eigenvalue weighted by atomic mass is 79.9. The van der Waals surface area contributed by atoms with Gasteiger partial charge >= 0.3 is 0 Å². The summed E-state index contributed by atoms with van der Waals surface area (Å²) in [6.07, 6.45) is 0. The van der Waals surface area contributed by atoms with Crippen LogP contribution in [0.25, 0.3) is 0 Å². The van der Waals surface area contributed by atoms with Gasteiger partial charge in [0, 0.05) is 7.05 Å². The molecule has 0 amide bonds. The van der Waals surface area contributed by atoms with Crippen LogP contribution in [-0.2, 0) is 7.05 Å². The maximum atomic E-state index is 5.64. The average molecular weight is 210 g/mol. The van der Waals surface area contributed by atoms with Crippen molar-refractivity contribution in [3.05, 3.63) is 9.76 Å². The van der Waals surface area contributed by atoms with Gasteiger partial charge in [-0.05, 0) is 15.9 Å². The van der Waals surface area contributed by atoms with Crippen LogP contribution in [0, 0.1) is 0 Å². The van der Waals surface area contributed by atoms with E-state index in [1.165, 1.54) is 4.68 Å². The topological polar surface area (TPSA) is 43.8 Å². The van der Waals surface area contributed by atoms with Gasteiger partial charge in [0.25, 0.3) is 0 Å². The number of halogens is 2. The second-order valence-electron chi connectivity index (χ2n) is 1.62. The van der Waals surface area contributed by atoms with E-state index in [4.69, 9.17) is 17.3 Å². The molecule has 0 fully saturated rings. The lowest BCUT2D eigenvalue weighted by molar-refractivity contribution is 0.761. The summed E-state index contributed by atoms with van der Waals surface area (Å²) in [5.41, 5.74) is 5.93. The monoisotopic (exact) mass is 209 g/mol. The molecule has 1 aromatic heterocycles. The Bertz CT molecular complexity index is 209. The van der Waals surface area contributed by atoms with Gasteiger partial charge in [0.1, 0.15) is 5.69 Å². The summed E-state index contributed by atoms with van der Waals surface area (Å²) >= 11 is 8.77. The van der Waals surface area contributed by atoms with Crippen LogP contribution < -0.4 is 5.73 Å². The SMILES string of the molecule is Cn1nc(Br)c(N)c1Cl. The minimum Gasteiger partial charge on any atom is -0.394 e. The van der Waals surface area contributed by atoms with Crippen molar-refractivity contribution in [3.8, 4) is 0 Å². The number of nitrogens with zero attached hydrogens (tertiary/aromatic N) is 2. The van der Waals surface area contributed by atoms with Gasteiger partial charge in [-0.25, -0.2) is 0 Å². The summed E-state index contributed by atoms with van der Waals surface area (Å²) in [4.78, 5) is 0. The molecule has 1 aromatic rings. The first-order valence-electron chi connectivity index (χ1n) is 2.26. The molecule has 0 atom stereocenters. The molecule has 50 valence electrons. The highest BCUT2D eigenvalue weighted by Crippen LogP contribution is 2.25. The van der Waals surface area contributed by atoms with Crippen molar-refractivity contribution in [2.75, 3.05) is 5.73 Å². The number of nitrogens with two attached hydrogens (primary N) is 1. The molecule has 0 aromatic carbocycles. The Balaban J connectivity index is 3.29. The highest BCUT2D eigenvalue weighted by Gasteiger charge is 2.06. The molecule has 0 aliphatic carbocycles. The van der Waals surface area contributed by atoms with E-state index in [0.717, 1.165) is 0 Å². The van der Waals surface area contributed by atoms with Crippen molar-refractivity contribution in [3.63, 3.8) is 0 Å². The molecule has 1 heterocycles. The second-order valence-corrected chi connectivity index (χ2v) is 2.73. The molecular weight excluding hydrogens is 205 g/mol. The molecule has 9 heavy (non-hydrogen) atoms. The van der Waals surface area contributed by atoms with Gasteiger partial charge < -0.3 is 5.73 Å². The van der Waals surface area contributed by atoms with Crippen LogP contribution in [0.5, 0.6) is 0 Å². The maximum Gasteiger partial charge on any atom is 0.152 e. The molecule has 0 saturated heterocycles. The van der Waals surface area contributed by atoms with Crippen molar-refractivity contribution in [1.29, 1.82) is 0 Å². The standard InChI is InChI=1S/C4H5BrClN3/c1-9-4(6)2(7)3(5)8-9/h7H2,1H3.